The van der Waals surface area contributed by atoms with E-state index in [9.17, 15) is 0 Å². The second-order valence-corrected chi connectivity index (χ2v) is 5.04. The van der Waals surface area contributed by atoms with E-state index in [0.717, 1.165) is 38.3 Å². The first-order valence-electron chi connectivity index (χ1n) is 7.49. The number of likely N-dealkylation sites (N-methyl/N-ethyl adjacent to an activating group) is 1. The van der Waals surface area contributed by atoms with E-state index in [1.807, 2.05) is 7.05 Å². The van der Waals surface area contributed by atoms with Gasteiger partial charge in [0.15, 0.2) is 0 Å². The smallest absolute Gasteiger partial charge is 0.0719 e. The molecule has 0 radical (unpaired) electrons. The Labute approximate surface area is 121 Å². The first kappa shape index (κ1) is 15.0. The molecule has 1 aromatic heterocycles. The zero-order valence-corrected chi connectivity index (χ0v) is 12.7. The van der Waals surface area contributed by atoms with Gasteiger partial charge in [0.25, 0.3) is 0 Å². The van der Waals surface area contributed by atoms with E-state index in [0.29, 0.717) is 6.04 Å². The van der Waals surface area contributed by atoms with Crippen molar-refractivity contribution in [2.24, 2.45) is 0 Å². The van der Waals surface area contributed by atoms with Crippen molar-refractivity contribution >= 4 is 10.9 Å². The summed E-state index contributed by atoms with van der Waals surface area (Å²) in [6.45, 7) is 6.71. The number of aryl methyl sites for hydroxylation is 1. The first-order valence-corrected chi connectivity index (χ1v) is 7.49. The van der Waals surface area contributed by atoms with Crippen molar-refractivity contribution in [2.75, 3.05) is 20.3 Å². The molecular formula is C16H25N3O. The van der Waals surface area contributed by atoms with Crippen LogP contribution in [0.3, 0.4) is 0 Å². The molecule has 0 aliphatic heterocycles. The molecule has 4 heteroatoms. The van der Waals surface area contributed by atoms with Crippen molar-refractivity contribution in [1.82, 2.24) is 15.1 Å². The van der Waals surface area contributed by atoms with Gasteiger partial charge in [0.1, 0.15) is 0 Å². The molecule has 2 rings (SSSR count). The average molecular weight is 275 g/mol. The maximum absolute atomic E-state index is 5.66. The second-order valence-electron chi connectivity index (χ2n) is 5.04. The van der Waals surface area contributed by atoms with Crippen LogP contribution >= 0.6 is 0 Å². The van der Waals surface area contributed by atoms with Crippen LogP contribution in [0, 0.1) is 0 Å². The standard InChI is InChI=1S/C16H25N3O/c1-4-10-20-12-13(17-3)11-15-14-8-6-7-9-16(14)19(5-2)18-15/h6-9,13,17H,4-5,10-12H2,1-3H3. The lowest BCUT2D eigenvalue weighted by Gasteiger charge is -2.15. The predicted molar refractivity (Wildman–Crippen MR) is 83.1 cm³/mol. The molecule has 20 heavy (non-hydrogen) atoms. The van der Waals surface area contributed by atoms with Crippen molar-refractivity contribution in [1.29, 1.82) is 0 Å². The van der Waals surface area contributed by atoms with Crippen molar-refractivity contribution in [3.8, 4) is 0 Å². The van der Waals surface area contributed by atoms with Crippen LogP contribution in [0.25, 0.3) is 10.9 Å². The topological polar surface area (TPSA) is 39.1 Å². The molecule has 110 valence electrons. The molecule has 0 bridgehead atoms. The fraction of sp³-hybridized carbons (Fsp3) is 0.562. The Morgan fingerprint density at radius 3 is 2.80 bits per heavy atom. The minimum absolute atomic E-state index is 0.310. The Morgan fingerprint density at radius 1 is 1.30 bits per heavy atom. The largest absolute Gasteiger partial charge is 0.380 e. The number of aromatic nitrogens is 2. The lowest BCUT2D eigenvalue weighted by molar-refractivity contribution is 0.113. The van der Waals surface area contributed by atoms with E-state index < -0.39 is 0 Å². The summed E-state index contributed by atoms with van der Waals surface area (Å²) in [5.41, 5.74) is 2.37. The second kappa shape index (κ2) is 7.41. The number of hydrogen-bond acceptors (Lipinski definition) is 3. The Morgan fingerprint density at radius 2 is 2.10 bits per heavy atom. The number of ether oxygens (including phenoxy) is 1. The van der Waals surface area contributed by atoms with Gasteiger partial charge in [-0.1, -0.05) is 25.1 Å². The van der Waals surface area contributed by atoms with Gasteiger partial charge in [0.05, 0.1) is 17.8 Å². The van der Waals surface area contributed by atoms with E-state index in [2.05, 4.69) is 48.1 Å². The van der Waals surface area contributed by atoms with Gasteiger partial charge >= 0.3 is 0 Å². The number of nitrogens with one attached hydrogen (secondary N) is 1. The van der Waals surface area contributed by atoms with Gasteiger partial charge < -0.3 is 10.1 Å². The fourth-order valence-electron chi connectivity index (χ4n) is 2.44. The highest BCUT2D eigenvalue weighted by Gasteiger charge is 2.14. The van der Waals surface area contributed by atoms with Gasteiger partial charge in [-0.25, -0.2) is 0 Å². The molecule has 0 spiro atoms. The minimum Gasteiger partial charge on any atom is -0.380 e. The van der Waals surface area contributed by atoms with E-state index in [4.69, 9.17) is 9.84 Å². The lowest BCUT2D eigenvalue weighted by atomic mass is 10.1. The Bertz CT molecular complexity index is 536. The Hall–Kier alpha value is -1.39. The normalized spacial score (nSPS) is 12.9. The minimum atomic E-state index is 0.310. The van der Waals surface area contributed by atoms with Crippen molar-refractivity contribution in [3.63, 3.8) is 0 Å². The van der Waals surface area contributed by atoms with Crippen molar-refractivity contribution in [3.05, 3.63) is 30.0 Å². The van der Waals surface area contributed by atoms with Crippen LogP contribution in [0.4, 0.5) is 0 Å². The average Bonchev–Trinajstić information content (AvgIpc) is 2.84. The monoisotopic (exact) mass is 275 g/mol. The number of para-hydroxylation sites is 1. The molecule has 4 nitrogen and oxygen atoms in total. The van der Waals surface area contributed by atoms with Crippen LogP contribution in [0.15, 0.2) is 24.3 Å². The van der Waals surface area contributed by atoms with Crippen molar-refractivity contribution in [2.45, 2.75) is 39.3 Å². The van der Waals surface area contributed by atoms with Gasteiger partial charge in [0, 0.05) is 31.0 Å². The fourth-order valence-corrected chi connectivity index (χ4v) is 2.44. The van der Waals surface area contributed by atoms with Crippen molar-refractivity contribution < 1.29 is 4.74 Å². The van der Waals surface area contributed by atoms with Crippen LogP contribution in [-0.4, -0.2) is 36.1 Å². The Kier molecular flexibility index (Phi) is 5.56. The molecule has 0 fully saturated rings. The quantitative estimate of drug-likeness (QED) is 0.753. The number of benzene rings is 1. The highest BCUT2D eigenvalue weighted by atomic mass is 16.5. The van der Waals surface area contributed by atoms with Crippen LogP contribution in [0.2, 0.25) is 0 Å². The van der Waals surface area contributed by atoms with Crippen LogP contribution in [-0.2, 0) is 17.7 Å². The zero-order chi connectivity index (χ0) is 14.4. The summed E-state index contributed by atoms with van der Waals surface area (Å²) in [5.74, 6) is 0. The van der Waals surface area contributed by atoms with E-state index in [-0.39, 0.29) is 0 Å². The first-order chi connectivity index (χ1) is 9.80. The molecule has 1 N–H and O–H groups in total. The molecule has 1 unspecified atom stereocenters. The van der Waals surface area contributed by atoms with Crippen LogP contribution in [0.5, 0.6) is 0 Å². The molecule has 2 aromatic rings. The van der Waals surface area contributed by atoms with Gasteiger partial charge in [0.2, 0.25) is 0 Å². The highest BCUT2D eigenvalue weighted by molar-refractivity contribution is 5.82. The molecule has 0 saturated carbocycles. The number of rotatable bonds is 8. The third-order valence-corrected chi connectivity index (χ3v) is 3.55. The molecule has 0 aliphatic rings. The van der Waals surface area contributed by atoms with Gasteiger partial charge in [-0.15, -0.1) is 0 Å². The number of fused-ring (bicyclic) bond motifs is 1. The van der Waals surface area contributed by atoms with E-state index in [1.165, 1.54) is 10.9 Å². The summed E-state index contributed by atoms with van der Waals surface area (Å²) >= 11 is 0. The summed E-state index contributed by atoms with van der Waals surface area (Å²) in [6.07, 6.45) is 1.96. The molecule has 0 saturated heterocycles. The van der Waals surface area contributed by atoms with E-state index >= 15 is 0 Å². The summed E-state index contributed by atoms with van der Waals surface area (Å²) in [7, 11) is 1.99. The summed E-state index contributed by atoms with van der Waals surface area (Å²) < 4.78 is 7.73. The predicted octanol–water partition coefficient (Wildman–Crippen LogP) is 2.61. The maximum atomic E-state index is 5.66. The Balaban J connectivity index is 2.15. The third kappa shape index (κ3) is 3.38. The van der Waals surface area contributed by atoms with Crippen LogP contribution < -0.4 is 5.32 Å². The van der Waals surface area contributed by atoms with Crippen LogP contribution in [0.1, 0.15) is 26.0 Å². The lowest BCUT2D eigenvalue weighted by Crippen LogP contribution is -2.33. The number of hydrogen-bond donors (Lipinski definition) is 1. The van der Waals surface area contributed by atoms with Gasteiger partial charge in [-0.3, -0.25) is 4.68 Å². The molecule has 1 heterocycles. The zero-order valence-electron chi connectivity index (χ0n) is 12.7. The molecule has 1 aromatic carbocycles. The number of nitrogens with zero attached hydrogens (tertiary/aromatic N) is 2. The third-order valence-electron chi connectivity index (χ3n) is 3.55. The summed E-state index contributed by atoms with van der Waals surface area (Å²) in [6, 6.07) is 8.75. The molecule has 0 aliphatic carbocycles. The summed E-state index contributed by atoms with van der Waals surface area (Å²) in [4.78, 5) is 0. The molecule has 1 atom stereocenters. The molecule has 0 amide bonds. The SMILES string of the molecule is CCCOCC(Cc1nn(CC)c2ccccc12)NC. The molecular weight excluding hydrogens is 250 g/mol. The van der Waals surface area contributed by atoms with Gasteiger partial charge in [-0.2, -0.15) is 5.10 Å². The maximum Gasteiger partial charge on any atom is 0.0719 e. The van der Waals surface area contributed by atoms with E-state index in [1.54, 1.807) is 0 Å². The summed E-state index contributed by atoms with van der Waals surface area (Å²) in [5, 5.41) is 9.33. The highest BCUT2D eigenvalue weighted by Crippen LogP contribution is 2.19. The van der Waals surface area contributed by atoms with Gasteiger partial charge in [-0.05, 0) is 26.5 Å².